The second-order valence-corrected chi connectivity index (χ2v) is 8.13. The first-order valence-electron chi connectivity index (χ1n) is 9.94. The Morgan fingerprint density at radius 2 is 1.03 bits per heavy atom. The molecule has 152 valence electrons. The predicted octanol–water partition coefficient (Wildman–Crippen LogP) is 5.83. The highest BCUT2D eigenvalue weighted by atomic mass is 16.5. The van der Waals surface area contributed by atoms with Gasteiger partial charge >= 0.3 is 0 Å². The highest BCUT2D eigenvalue weighted by Crippen LogP contribution is 2.32. The SMILES string of the molecule is COc1c(C)cc(Cc2cc(C)cc(Cc3cc(C)c(O)c(C)c3)c2O)cc1C. The Morgan fingerprint density at radius 3 is 1.45 bits per heavy atom. The first kappa shape index (κ1) is 20.8. The van der Waals surface area contributed by atoms with Gasteiger partial charge in [0.1, 0.15) is 17.2 Å². The predicted molar refractivity (Wildman–Crippen MR) is 119 cm³/mol. The molecule has 0 fully saturated rings. The lowest BCUT2D eigenvalue weighted by atomic mass is 9.93. The van der Waals surface area contributed by atoms with E-state index in [1.165, 1.54) is 0 Å². The monoisotopic (exact) mass is 390 g/mol. The average molecular weight is 391 g/mol. The zero-order valence-electron chi connectivity index (χ0n) is 18.2. The van der Waals surface area contributed by atoms with Gasteiger partial charge in [0.25, 0.3) is 0 Å². The largest absolute Gasteiger partial charge is 0.507 e. The summed E-state index contributed by atoms with van der Waals surface area (Å²) in [4.78, 5) is 0. The van der Waals surface area contributed by atoms with E-state index in [-0.39, 0.29) is 0 Å². The van der Waals surface area contributed by atoms with E-state index >= 15 is 0 Å². The minimum atomic E-state index is 0.341. The number of rotatable bonds is 5. The molecule has 0 radical (unpaired) electrons. The lowest BCUT2D eigenvalue weighted by Gasteiger charge is -2.15. The third kappa shape index (κ3) is 4.40. The van der Waals surface area contributed by atoms with Gasteiger partial charge in [0.15, 0.2) is 0 Å². The summed E-state index contributed by atoms with van der Waals surface area (Å²) in [5.41, 5.74) is 9.12. The fraction of sp³-hybridized carbons (Fsp3) is 0.308. The van der Waals surface area contributed by atoms with Crippen LogP contribution in [0.3, 0.4) is 0 Å². The molecular weight excluding hydrogens is 360 g/mol. The summed E-state index contributed by atoms with van der Waals surface area (Å²) in [7, 11) is 1.69. The standard InChI is InChI=1S/C26H30O3/c1-15-7-22(13-20-9-16(2)24(27)17(3)10-20)25(28)23(8-15)14-21-11-18(4)26(29-6)19(5)12-21/h7-12,27-28H,13-14H2,1-6H3. The summed E-state index contributed by atoms with van der Waals surface area (Å²) in [5.74, 6) is 1.61. The van der Waals surface area contributed by atoms with Gasteiger partial charge in [0, 0.05) is 12.8 Å². The molecule has 0 aliphatic heterocycles. The van der Waals surface area contributed by atoms with Crippen molar-refractivity contribution < 1.29 is 14.9 Å². The zero-order valence-corrected chi connectivity index (χ0v) is 18.2. The maximum atomic E-state index is 11.0. The molecular formula is C26H30O3. The molecule has 3 aromatic rings. The van der Waals surface area contributed by atoms with Crippen LogP contribution in [0.5, 0.6) is 17.2 Å². The first-order chi connectivity index (χ1) is 13.7. The van der Waals surface area contributed by atoms with Crippen LogP contribution in [0.2, 0.25) is 0 Å². The van der Waals surface area contributed by atoms with E-state index in [0.717, 1.165) is 55.8 Å². The molecule has 3 aromatic carbocycles. The lowest BCUT2D eigenvalue weighted by molar-refractivity contribution is 0.408. The van der Waals surface area contributed by atoms with Crippen molar-refractivity contribution in [3.05, 3.63) is 86.5 Å². The van der Waals surface area contributed by atoms with Crippen molar-refractivity contribution in [2.45, 2.75) is 47.5 Å². The van der Waals surface area contributed by atoms with Crippen molar-refractivity contribution >= 4 is 0 Å². The van der Waals surface area contributed by atoms with E-state index in [4.69, 9.17) is 4.74 Å². The first-order valence-corrected chi connectivity index (χ1v) is 9.94. The molecule has 0 saturated heterocycles. The number of ether oxygens (including phenoxy) is 1. The Kier molecular flexibility index (Phi) is 5.88. The molecule has 0 bridgehead atoms. The number of phenolic OH excluding ortho intramolecular Hbond substituents is 2. The molecule has 0 atom stereocenters. The smallest absolute Gasteiger partial charge is 0.124 e. The van der Waals surface area contributed by atoms with Crippen LogP contribution in [-0.4, -0.2) is 17.3 Å². The van der Waals surface area contributed by atoms with E-state index in [0.29, 0.717) is 24.3 Å². The third-order valence-corrected chi connectivity index (χ3v) is 5.48. The minimum Gasteiger partial charge on any atom is -0.507 e. The van der Waals surface area contributed by atoms with Gasteiger partial charge in [-0.15, -0.1) is 0 Å². The number of hydrogen-bond donors (Lipinski definition) is 2. The highest BCUT2D eigenvalue weighted by molar-refractivity contribution is 5.51. The third-order valence-electron chi connectivity index (χ3n) is 5.48. The van der Waals surface area contributed by atoms with Crippen molar-refractivity contribution in [3.63, 3.8) is 0 Å². The second kappa shape index (κ2) is 8.20. The Balaban J connectivity index is 1.96. The number of aromatic hydroxyl groups is 2. The second-order valence-electron chi connectivity index (χ2n) is 8.13. The van der Waals surface area contributed by atoms with E-state index in [9.17, 15) is 10.2 Å². The summed E-state index contributed by atoms with van der Waals surface area (Å²) in [6, 6.07) is 12.3. The fourth-order valence-corrected chi connectivity index (χ4v) is 4.26. The number of phenols is 2. The molecule has 3 nitrogen and oxygen atoms in total. The van der Waals surface area contributed by atoms with Gasteiger partial charge in [-0.2, -0.15) is 0 Å². The molecule has 0 aliphatic carbocycles. The minimum absolute atomic E-state index is 0.341. The molecule has 0 aromatic heterocycles. The summed E-state index contributed by atoms with van der Waals surface area (Å²) in [5, 5.41) is 21.0. The maximum Gasteiger partial charge on any atom is 0.124 e. The zero-order chi connectivity index (χ0) is 21.3. The van der Waals surface area contributed by atoms with Crippen molar-refractivity contribution in [1.82, 2.24) is 0 Å². The van der Waals surface area contributed by atoms with Crippen LogP contribution in [0.25, 0.3) is 0 Å². The van der Waals surface area contributed by atoms with Gasteiger partial charge in [-0.05, 0) is 79.1 Å². The number of aryl methyl sites for hydroxylation is 5. The molecule has 0 spiro atoms. The maximum absolute atomic E-state index is 11.0. The number of methoxy groups -OCH3 is 1. The molecule has 0 saturated carbocycles. The number of hydrogen-bond acceptors (Lipinski definition) is 3. The Bertz CT molecular complexity index is 1020. The average Bonchev–Trinajstić information content (AvgIpc) is 2.63. The van der Waals surface area contributed by atoms with Gasteiger partial charge in [-0.25, -0.2) is 0 Å². The highest BCUT2D eigenvalue weighted by Gasteiger charge is 2.13. The van der Waals surface area contributed by atoms with Crippen LogP contribution in [0.1, 0.15) is 50.1 Å². The topological polar surface area (TPSA) is 49.7 Å². The van der Waals surface area contributed by atoms with Gasteiger partial charge in [-0.3, -0.25) is 0 Å². The van der Waals surface area contributed by atoms with Crippen molar-refractivity contribution in [3.8, 4) is 17.2 Å². The molecule has 0 aliphatic rings. The van der Waals surface area contributed by atoms with Crippen LogP contribution in [0, 0.1) is 34.6 Å². The van der Waals surface area contributed by atoms with Crippen molar-refractivity contribution in [2.24, 2.45) is 0 Å². The molecule has 29 heavy (non-hydrogen) atoms. The normalized spacial score (nSPS) is 11.0. The van der Waals surface area contributed by atoms with Crippen LogP contribution in [0.4, 0.5) is 0 Å². The Morgan fingerprint density at radius 1 is 0.621 bits per heavy atom. The van der Waals surface area contributed by atoms with E-state index in [1.807, 2.05) is 45.9 Å². The van der Waals surface area contributed by atoms with E-state index < -0.39 is 0 Å². The van der Waals surface area contributed by atoms with Gasteiger partial charge < -0.3 is 14.9 Å². The fourth-order valence-electron chi connectivity index (χ4n) is 4.26. The van der Waals surface area contributed by atoms with Gasteiger partial charge in [0.2, 0.25) is 0 Å². The van der Waals surface area contributed by atoms with Gasteiger partial charge in [0.05, 0.1) is 7.11 Å². The summed E-state index contributed by atoms with van der Waals surface area (Å²) < 4.78 is 5.47. The summed E-state index contributed by atoms with van der Waals surface area (Å²) in [6.45, 7) is 9.96. The van der Waals surface area contributed by atoms with Crippen LogP contribution in [0.15, 0.2) is 36.4 Å². The Hall–Kier alpha value is -2.94. The molecule has 0 amide bonds. The van der Waals surface area contributed by atoms with Crippen LogP contribution < -0.4 is 4.74 Å². The molecule has 3 heteroatoms. The number of benzene rings is 3. The lowest BCUT2D eigenvalue weighted by Crippen LogP contribution is -1.99. The molecule has 3 rings (SSSR count). The van der Waals surface area contributed by atoms with Crippen LogP contribution >= 0.6 is 0 Å². The quantitative estimate of drug-likeness (QED) is 0.576. The van der Waals surface area contributed by atoms with E-state index in [2.05, 4.69) is 25.1 Å². The molecule has 0 unspecified atom stereocenters. The van der Waals surface area contributed by atoms with Crippen molar-refractivity contribution in [2.75, 3.05) is 7.11 Å². The summed E-state index contributed by atoms with van der Waals surface area (Å²) >= 11 is 0. The summed E-state index contributed by atoms with van der Waals surface area (Å²) in [6.07, 6.45) is 1.29. The van der Waals surface area contributed by atoms with E-state index in [1.54, 1.807) is 7.11 Å². The van der Waals surface area contributed by atoms with Crippen LogP contribution in [-0.2, 0) is 12.8 Å². The molecule has 0 heterocycles. The van der Waals surface area contributed by atoms with Gasteiger partial charge in [-0.1, -0.05) is 42.0 Å². The molecule has 2 N–H and O–H groups in total. The Labute approximate surface area is 173 Å². The van der Waals surface area contributed by atoms with Crippen molar-refractivity contribution in [1.29, 1.82) is 0 Å².